The van der Waals surface area contributed by atoms with Crippen LogP contribution in [-0.2, 0) is 0 Å². The van der Waals surface area contributed by atoms with E-state index in [4.69, 9.17) is 0 Å². The van der Waals surface area contributed by atoms with Crippen molar-refractivity contribution in [3.8, 4) is 44.5 Å². The van der Waals surface area contributed by atoms with Crippen LogP contribution in [-0.4, -0.2) is 8.07 Å². The zero-order chi connectivity index (χ0) is 45.8. The van der Waals surface area contributed by atoms with Crippen molar-refractivity contribution in [2.45, 2.75) is 13.8 Å². The molecule has 0 aromatic heterocycles. The molecule has 13 aromatic carbocycles. The Morgan fingerprint density at radius 1 is 0.246 bits per heavy atom. The second-order valence-corrected chi connectivity index (χ2v) is 23.0. The summed E-state index contributed by atoms with van der Waals surface area (Å²) in [7, 11) is -2.71. The Hall–Kier alpha value is -8.36. The summed E-state index contributed by atoms with van der Waals surface area (Å²) < 4.78 is 0. The lowest BCUT2D eigenvalue weighted by molar-refractivity contribution is 1.48. The molecule has 0 bridgehead atoms. The molecule has 1 aliphatic heterocycles. The summed E-state index contributed by atoms with van der Waals surface area (Å²) in [5.41, 5.74) is 12.8. The minimum absolute atomic E-state index is 1.22. The molecule has 0 spiro atoms. The van der Waals surface area contributed by atoms with Gasteiger partial charge in [-0.2, -0.15) is 0 Å². The summed E-state index contributed by atoms with van der Waals surface area (Å²) >= 11 is 0. The lowest BCUT2D eigenvalue weighted by atomic mass is 9.84. The largest absolute Gasteiger partial charge is 0.180 e. The molecule has 69 heavy (non-hydrogen) atoms. The lowest BCUT2D eigenvalue weighted by Gasteiger charge is -2.32. The average Bonchev–Trinajstić information content (AvgIpc) is 3.70. The Morgan fingerprint density at radius 3 is 1.30 bits per heavy atom. The van der Waals surface area contributed by atoms with Crippen molar-refractivity contribution >= 4 is 93.5 Å². The maximum Gasteiger partial charge on any atom is 0.180 e. The smallest absolute Gasteiger partial charge is 0.0623 e. The first-order chi connectivity index (χ1) is 34.0. The Balaban J connectivity index is 0.991. The van der Waals surface area contributed by atoms with Gasteiger partial charge in [-0.1, -0.05) is 242 Å². The van der Waals surface area contributed by atoms with E-state index >= 15 is 0 Å². The molecule has 1 aliphatic rings. The molecule has 13 aromatic rings. The molecular weight excluding hydrogens is 845 g/mol. The van der Waals surface area contributed by atoms with E-state index in [0.717, 1.165) is 0 Å². The number of hydrogen-bond donors (Lipinski definition) is 0. The van der Waals surface area contributed by atoms with Gasteiger partial charge in [-0.3, -0.25) is 0 Å². The molecule has 1 heteroatoms. The zero-order valence-electron chi connectivity index (χ0n) is 38.6. The van der Waals surface area contributed by atoms with E-state index < -0.39 is 8.07 Å². The van der Waals surface area contributed by atoms with Gasteiger partial charge in [0.15, 0.2) is 8.07 Å². The number of fused-ring (bicyclic) bond motifs is 12. The highest BCUT2D eigenvalue weighted by Gasteiger charge is 2.48. The van der Waals surface area contributed by atoms with E-state index in [1.165, 1.54) is 141 Å². The molecule has 0 radical (unpaired) electrons. The van der Waals surface area contributed by atoms with E-state index in [1.807, 2.05) is 0 Å². The Bertz CT molecular complexity index is 4130. The van der Waals surface area contributed by atoms with Gasteiger partial charge in [0, 0.05) is 0 Å². The number of benzene rings is 13. The van der Waals surface area contributed by atoms with Crippen molar-refractivity contribution in [2.75, 3.05) is 0 Å². The zero-order valence-corrected chi connectivity index (χ0v) is 39.6. The van der Waals surface area contributed by atoms with Crippen molar-refractivity contribution in [2.24, 2.45) is 0 Å². The average molecular weight is 891 g/mol. The van der Waals surface area contributed by atoms with E-state index in [9.17, 15) is 0 Å². The van der Waals surface area contributed by atoms with Crippen LogP contribution >= 0.6 is 0 Å². The molecule has 0 fully saturated rings. The van der Waals surface area contributed by atoms with Crippen LogP contribution in [0, 0.1) is 13.8 Å². The summed E-state index contributed by atoms with van der Waals surface area (Å²) in [6.45, 7) is 4.40. The van der Waals surface area contributed by atoms with E-state index in [1.54, 1.807) is 0 Å². The summed E-state index contributed by atoms with van der Waals surface area (Å²) in [4.78, 5) is 0. The normalized spacial score (nSPS) is 12.9. The van der Waals surface area contributed by atoms with Crippen LogP contribution in [0.2, 0.25) is 0 Å². The quantitative estimate of drug-likeness (QED) is 0.0917. The molecule has 1 heterocycles. The number of rotatable bonds is 5. The lowest BCUT2D eigenvalue weighted by Crippen LogP contribution is -2.72. The van der Waals surface area contributed by atoms with Gasteiger partial charge in [-0.25, -0.2) is 0 Å². The SMILES string of the molecule is Cc1ccc([Si]2(c3ccc(C)cc3)c3ccccc3-c3cc4c5ccc(-c6c7ccccc7c(-c7ccc(-c8cccc9ccccc89)cc7)c7ccccc67)cc5c5ccccc5c4cc32)cc1. The van der Waals surface area contributed by atoms with Crippen molar-refractivity contribution in [1.29, 1.82) is 0 Å². The van der Waals surface area contributed by atoms with Gasteiger partial charge in [-0.05, 0) is 156 Å². The van der Waals surface area contributed by atoms with Gasteiger partial charge in [0.2, 0.25) is 0 Å². The van der Waals surface area contributed by atoms with Crippen molar-refractivity contribution in [1.82, 2.24) is 0 Å². The van der Waals surface area contributed by atoms with Crippen LogP contribution in [0.1, 0.15) is 11.1 Å². The highest BCUT2D eigenvalue weighted by atomic mass is 28.3. The highest BCUT2D eigenvalue weighted by molar-refractivity contribution is 7.22. The monoisotopic (exact) mass is 890 g/mol. The van der Waals surface area contributed by atoms with Crippen LogP contribution in [0.4, 0.5) is 0 Å². The van der Waals surface area contributed by atoms with Gasteiger partial charge in [0.05, 0.1) is 0 Å². The maximum atomic E-state index is 2.61. The molecule has 0 amide bonds. The standard InChI is InChI=1S/C68H46Si/c1-43-26-35-49(36-27-43)69(50-37-28-44(2)29-38-50)65-25-12-11-19-56(65)64-41-62-55-39-34-48(40-61(55)53-17-5-6-18-54(53)63(62)42-66(64)69)68-59-22-9-7-20-57(59)67(58-21-8-10-23-60(58)68)47-32-30-46(31-33-47)52-24-13-15-45-14-3-4-16-51(45)52/h3-42H,1-2H3. The van der Waals surface area contributed by atoms with Gasteiger partial charge in [-0.15, -0.1) is 0 Å². The summed E-state index contributed by atoms with van der Waals surface area (Å²) in [5, 5.41) is 21.2. The minimum atomic E-state index is -2.71. The summed E-state index contributed by atoms with van der Waals surface area (Å²) in [5.74, 6) is 0. The molecule has 0 atom stereocenters. The van der Waals surface area contributed by atoms with Crippen LogP contribution in [0.25, 0.3) is 109 Å². The highest BCUT2D eigenvalue weighted by Crippen LogP contribution is 2.46. The van der Waals surface area contributed by atoms with Crippen LogP contribution in [0.3, 0.4) is 0 Å². The fraction of sp³-hybridized carbons (Fsp3) is 0.0294. The Labute approximate surface area is 403 Å². The first-order valence-electron chi connectivity index (χ1n) is 24.2. The first-order valence-corrected chi connectivity index (χ1v) is 26.2. The minimum Gasteiger partial charge on any atom is -0.0623 e. The van der Waals surface area contributed by atoms with E-state index in [0.29, 0.717) is 0 Å². The number of hydrogen-bond acceptors (Lipinski definition) is 0. The predicted molar refractivity (Wildman–Crippen MR) is 300 cm³/mol. The second-order valence-electron chi connectivity index (χ2n) is 19.2. The molecular formula is C68H46Si. The van der Waals surface area contributed by atoms with Crippen molar-refractivity contribution < 1.29 is 0 Å². The van der Waals surface area contributed by atoms with Gasteiger partial charge in [0.25, 0.3) is 0 Å². The molecule has 0 saturated carbocycles. The van der Waals surface area contributed by atoms with Gasteiger partial charge in [0.1, 0.15) is 0 Å². The fourth-order valence-corrected chi connectivity index (χ4v) is 17.5. The van der Waals surface area contributed by atoms with Crippen LogP contribution < -0.4 is 20.7 Å². The third-order valence-electron chi connectivity index (χ3n) is 15.5. The summed E-state index contributed by atoms with van der Waals surface area (Å²) in [6.07, 6.45) is 0. The molecule has 0 saturated heterocycles. The molecule has 0 N–H and O–H groups in total. The molecule has 0 aliphatic carbocycles. The third kappa shape index (κ3) is 5.87. The van der Waals surface area contributed by atoms with Crippen molar-refractivity contribution in [3.05, 3.63) is 254 Å². The van der Waals surface area contributed by atoms with Gasteiger partial charge >= 0.3 is 0 Å². The number of aryl methyl sites for hydroxylation is 2. The van der Waals surface area contributed by atoms with E-state index in [2.05, 4.69) is 257 Å². The fourth-order valence-electron chi connectivity index (χ4n) is 12.3. The van der Waals surface area contributed by atoms with Crippen LogP contribution in [0.5, 0.6) is 0 Å². The Kier molecular flexibility index (Phi) is 8.84. The second kappa shape index (κ2) is 15.3. The van der Waals surface area contributed by atoms with Crippen LogP contribution in [0.15, 0.2) is 243 Å². The molecule has 0 unspecified atom stereocenters. The maximum absolute atomic E-state index is 2.71. The van der Waals surface area contributed by atoms with E-state index in [-0.39, 0.29) is 0 Å². The summed E-state index contributed by atoms with van der Waals surface area (Å²) in [6, 6.07) is 92.4. The third-order valence-corrected chi connectivity index (χ3v) is 20.3. The molecule has 14 rings (SSSR count). The van der Waals surface area contributed by atoms with Crippen molar-refractivity contribution in [3.63, 3.8) is 0 Å². The first kappa shape index (κ1) is 39.8. The molecule has 322 valence electrons. The predicted octanol–water partition coefficient (Wildman–Crippen LogP) is 15.6. The Morgan fingerprint density at radius 2 is 0.681 bits per heavy atom. The topological polar surface area (TPSA) is 0 Å². The van der Waals surface area contributed by atoms with Gasteiger partial charge < -0.3 is 0 Å². The molecule has 0 nitrogen and oxygen atoms in total.